The molecule has 3 rings (SSSR count). The molecule has 1 fully saturated rings. The molecule has 1 aliphatic heterocycles. The number of hydrogen-bond acceptors (Lipinski definition) is 4. The van der Waals surface area contributed by atoms with E-state index in [1.54, 1.807) is 0 Å². The van der Waals surface area contributed by atoms with Gasteiger partial charge < -0.3 is 19.7 Å². The highest BCUT2D eigenvalue weighted by Crippen LogP contribution is 2.23. The van der Waals surface area contributed by atoms with Crippen LogP contribution in [0.3, 0.4) is 0 Å². The lowest BCUT2D eigenvalue weighted by molar-refractivity contribution is -0.143. The second-order valence-corrected chi connectivity index (χ2v) is 6.81. The number of nitrogens with one attached hydrogen (secondary N) is 1. The van der Waals surface area contributed by atoms with Crippen LogP contribution in [-0.4, -0.2) is 42.1 Å². The summed E-state index contributed by atoms with van der Waals surface area (Å²) in [7, 11) is 0. The molecule has 0 unspecified atom stereocenters. The largest absolute Gasteiger partial charge is 0.457 e. The molecule has 1 saturated heterocycles. The van der Waals surface area contributed by atoms with Gasteiger partial charge in [-0.2, -0.15) is 0 Å². The van der Waals surface area contributed by atoms with E-state index in [4.69, 9.17) is 9.47 Å². The number of hydrogen-bond donors (Lipinski definition) is 1. The van der Waals surface area contributed by atoms with Gasteiger partial charge in [0, 0.05) is 18.8 Å². The van der Waals surface area contributed by atoms with Crippen molar-refractivity contribution in [1.29, 1.82) is 0 Å². The number of benzene rings is 2. The van der Waals surface area contributed by atoms with Crippen LogP contribution in [0.25, 0.3) is 0 Å². The van der Waals surface area contributed by atoms with E-state index in [1.807, 2.05) is 80.3 Å². The number of morpholine rings is 1. The minimum atomic E-state index is -0.298. The molecule has 3 atom stereocenters. The average molecular weight is 354 g/mol. The van der Waals surface area contributed by atoms with E-state index in [0.717, 1.165) is 17.2 Å². The zero-order valence-electron chi connectivity index (χ0n) is 15.5. The minimum absolute atomic E-state index is 0.0734. The van der Waals surface area contributed by atoms with Crippen LogP contribution in [0.15, 0.2) is 54.6 Å². The molecule has 138 valence electrons. The number of rotatable bonds is 5. The van der Waals surface area contributed by atoms with Crippen molar-refractivity contribution in [1.82, 2.24) is 4.90 Å². The smallest absolute Gasteiger partial charge is 0.244 e. The highest BCUT2D eigenvalue weighted by atomic mass is 16.5. The summed E-state index contributed by atoms with van der Waals surface area (Å²) in [5.41, 5.74) is 0.889. The molecule has 5 heteroatoms. The normalized spacial score (nSPS) is 21.1. The SMILES string of the molecule is C[C@@H]1CN(C(=O)[C@H](C)Nc2ccc(Oc3ccccc3)cc2)C[C@H](C)O1. The highest BCUT2D eigenvalue weighted by Gasteiger charge is 2.28. The van der Waals surface area contributed by atoms with Crippen molar-refractivity contribution in [2.24, 2.45) is 0 Å². The van der Waals surface area contributed by atoms with E-state index >= 15 is 0 Å². The van der Waals surface area contributed by atoms with Crippen molar-refractivity contribution in [2.45, 2.75) is 39.0 Å². The Bertz CT molecular complexity index is 708. The van der Waals surface area contributed by atoms with Crippen molar-refractivity contribution >= 4 is 11.6 Å². The number of para-hydroxylation sites is 1. The van der Waals surface area contributed by atoms with Gasteiger partial charge in [0.05, 0.1) is 12.2 Å². The number of nitrogens with zero attached hydrogens (tertiary/aromatic N) is 1. The number of carbonyl (C=O) groups excluding carboxylic acids is 1. The van der Waals surface area contributed by atoms with Crippen LogP contribution in [0.2, 0.25) is 0 Å². The summed E-state index contributed by atoms with van der Waals surface area (Å²) >= 11 is 0. The van der Waals surface area contributed by atoms with Gasteiger partial charge in [-0.05, 0) is 57.2 Å². The fourth-order valence-electron chi connectivity index (χ4n) is 3.19. The first-order valence-electron chi connectivity index (χ1n) is 9.05. The van der Waals surface area contributed by atoms with Crippen molar-refractivity contribution in [3.8, 4) is 11.5 Å². The molecule has 0 aliphatic carbocycles. The Morgan fingerprint density at radius 3 is 2.23 bits per heavy atom. The van der Waals surface area contributed by atoms with E-state index in [2.05, 4.69) is 5.32 Å². The fourth-order valence-corrected chi connectivity index (χ4v) is 3.19. The molecule has 0 saturated carbocycles. The number of ether oxygens (including phenoxy) is 2. The average Bonchev–Trinajstić information content (AvgIpc) is 2.63. The first-order chi connectivity index (χ1) is 12.5. The molecule has 1 amide bonds. The highest BCUT2D eigenvalue weighted by molar-refractivity contribution is 5.84. The van der Waals surface area contributed by atoms with E-state index < -0.39 is 0 Å². The lowest BCUT2D eigenvalue weighted by atomic mass is 10.2. The Balaban J connectivity index is 1.57. The van der Waals surface area contributed by atoms with Gasteiger partial charge in [-0.1, -0.05) is 18.2 Å². The third kappa shape index (κ3) is 4.76. The molecule has 5 nitrogen and oxygen atoms in total. The summed E-state index contributed by atoms with van der Waals surface area (Å²) < 4.78 is 11.5. The molecular weight excluding hydrogens is 328 g/mol. The topological polar surface area (TPSA) is 50.8 Å². The summed E-state index contributed by atoms with van der Waals surface area (Å²) in [6, 6.07) is 17.0. The molecule has 0 radical (unpaired) electrons. The third-order valence-electron chi connectivity index (χ3n) is 4.32. The number of amides is 1. The molecule has 1 N–H and O–H groups in total. The van der Waals surface area contributed by atoms with Crippen molar-refractivity contribution < 1.29 is 14.3 Å². The summed E-state index contributed by atoms with van der Waals surface area (Å²) in [6.45, 7) is 7.17. The molecule has 0 aromatic heterocycles. The first-order valence-corrected chi connectivity index (χ1v) is 9.05. The lowest BCUT2D eigenvalue weighted by Gasteiger charge is -2.36. The maximum atomic E-state index is 12.7. The molecule has 2 aromatic carbocycles. The van der Waals surface area contributed by atoms with Crippen LogP contribution >= 0.6 is 0 Å². The van der Waals surface area contributed by atoms with Gasteiger partial charge in [-0.15, -0.1) is 0 Å². The van der Waals surface area contributed by atoms with Crippen LogP contribution in [0.1, 0.15) is 20.8 Å². The second kappa shape index (κ2) is 8.23. The van der Waals surface area contributed by atoms with E-state index in [9.17, 15) is 4.79 Å². The minimum Gasteiger partial charge on any atom is -0.457 e. The van der Waals surface area contributed by atoms with Crippen molar-refractivity contribution in [3.05, 3.63) is 54.6 Å². The zero-order valence-corrected chi connectivity index (χ0v) is 15.5. The van der Waals surface area contributed by atoms with E-state index in [-0.39, 0.29) is 24.2 Å². The summed E-state index contributed by atoms with van der Waals surface area (Å²) in [6.07, 6.45) is 0.147. The Labute approximate surface area is 154 Å². The van der Waals surface area contributed by atoms with Gasteiger partial charge in [0.2, 0.25) is 5.91 Å². The van der Waals surface area contributed by atoms with Crippen LogP contribution in [0.4, 0.5) is 5.69 Å². The quantitative estimate of drug-likeness (QED) is 0.884. The fraction of sp³-hybridized carbons (Fsp3) is 0.381. The van der Waals surface area contributed by atoms with Crippen LogP contribution in [-0.2, 0) is 9.53 Å². The zero-order chi connectivity index (χ0) is 18.5. The Morgan fingerprint density at radius 1 is 1.04 bits per heavy atom. The van der Waals surface area contributed by atoms with E-state index in [0.29, 0.717) is 13.1 Å². The number of carbonyl (C=O) groups is 1. The molecule has 1 heterocycles. The summed E-state index contributed by atoms with van der Waals surface area (Å²) in [4.78, 5) is 14.6. The molecule has 0 spiro atoms. The van der Waals surface area contributed by atoms with Gasteiger partial charge in [0.15, 0.2) is 0 Å². The van der Waals surface area contributed by atoms with Crippen LogP contribution in [0, 0.1) is 0 Å². The summed E-state index contributed by atoms with van der Waals surface area (Å²) in [5.74, 6) is 1.65. The molecule has 1 aliphatic rings. The van der Waals surface area contributed by atoms with Gasteiger partial charge in [0.25, 0.3) is 0 Å². The Kier molecular flexibility index (Phi) is 5.78. The van der Waals surface area contributed by atoms with Crippen molar-refractivity contribution in [2.75, 3.05) is 18.4 Å². The van der Waals surface area contributed by atoms with Gasteiger partial charge >= 0.3 is 0 Å². The monoisotopic (exact) mass is 354 g/mol. The molecule has 0 bridgehead atoms. The van der Waals surface area contributed by atoms with E-state index in [1.165, 1.54) is 0 Å². The van der Waals surface area contributed by atoms with Crippen LogP contribution < -0.4 is 10.1 Å². The maximum absolute atomic E-state index is 12.7. The van der Waals surface area contributed by atoms with Crippen molar-refractivity contribution in [3.63, 3.8) is 0 Å². The predicted molar refractivity (Wildman–Crippen MR) is 103 cm³/mol. The van der Waals surface area contributed by atoms with Crippen LogP contribution in [0.5, 0.6) is 11.5 Å². The third-order valence-corrected chi connectivity index (χ3v) is 4.32. The standard InChI is InChI=1S/C21H26N2O3/c1-15-13-23(14-16(2)25-15)21(24)17(3)22-18-9-11-20(12-10-18)26-19-7-5-4-6-8-19/h4-12,15-17,22H,13-14H2,1-3H3/t15-,16+,17-/m0/s1. The predicted octanol–water partition coefficient (Wildman–Crippen LogP) is 3.92. The molecule has 2 aromatic rings. The molecular formula is C21H26N2O3. The van der Waals surface area contributed by atoms with Gasteiger partial charge in [0.1, 0.15) is 17.5 Å². The Hall–Kier alpha value is -2.53. The second-order valence-electron chi connectivity index (χ2n) is 6.81. The number of anilines is 1. The van der Waals surface area contributed by atoms with Gasteiger partial charge in [-0.3, -0.25) is 4.79 Å². The lowest BCUT2D eigenvalue weighted by Crippen LogP contribution is -2.52. The maximum Gasteiger partial charge on any atom is 0.244 e. The van der Waals surface area contributed by atoms with Gasteiger partial charge in [-0.25, -0.2) is 0 Å². The first kappa shape index (κ1) is 18.3. The molecule has 26 heavy (non-hydrogen) atoms. The Morgan fingerprint density at radius 2 is 1.62 bits per heavy atom. The summed E-state index contributed by atoms with van der Waals surface area (Å²) in [5, 5.41) is 3.27.